The zero-order chi connectivity index (χ0) is 16.2. The normalized spacial score (nSPS) is 15.7. The second-order valence-electron chi connectivity index (χ2n) is 6.02. The third-order valence-electron chi connectivity index (χ3n) is 4.07. The molecule has 2 aromatic rings. The van der Waals surface area contributed by atoms with Gasteiger partial charge in [0.15, 0.2) is 0 Å². The predicted molar refractivity (Wildman–Crippen MR) is 93.2 cm³/mol. The van der Waals surface area contributed by atoms with E-state index in [1.54, 1.807) is 17.5 Å². The Morgan fingerprint density at radius 2 is 2.22 bits per heavy atom. The Morgan fingerprint density at radius 1 is 1.43 bits per heavy atom. The summed E-state index contributed by atoms with van der Waals surface area (Å²) in [5.41, 5.74) is 1.30. The van der Waals surface area contributed by atoms with Gasteiger partial charge in [0.25, 0.3) is 5.91 Å². The largest absolute Gasteiger partial charge is 0.349 e. The van der Waals surface area contributed by atoms with Crippen LogP contribution < -0.4 is 10.2 Å². The van der Waals surface area contributed by atoms with Gasteiger partial charge in [-0.15, -0.1) is 11.3 Å². The maximum absolute atomic E-state index is 12.4. The van der Waals surface area contributed by atoms with Crippen molar-refractivity contribution in [2.75, 3.05) is 18.0 Å². The van der Waals surface area contributed by atoms with Crippen molar-refractivity contribution in [2.45, 2.75) is 39.2 Å². The molecule has 1 fully saturated rings. The molecule has 0 aromatic carbocycles. The minimum Gasteiger partial charge on any atom is -0.349 e. The van der Waals surface area contributed by atoms with Gasteiger partial charge in [0.05, 0.1) is 11.3 Å². The molecular weight excluding hydrogens is 308 g/mol. The van der Waals surface area contributed by atoms with Crippen LogP contribution in [-0.2, 0) is 6.42 Å². The zero-order valence-corrected chi connectivity index (χ0v) is 14.4. The highest BCUT2D eigenvalue weighted by atomic mass is 32.1. The summed E-state index contributed by atoms with van der Waals surface area (Å²) in [5, 5.41) is 5.09. The highest BCUT2D eigenvalue weighted by Gasteiger charge is 2.18. The van der Waals surface area contributed by atoms with Crippen LogP contribution >= 0.6 is 11.3 Å². The molecule has 0 radical (unpaired) electrons. The van der Waals surface area contributed by atoms with Crippen LogP contribution in [0.2, 0.25) is 0 Å². The summed E-state index contributed by atoms with van der Waals surface area (Å²) in [6.07, 6.45) is 4.87. The van der Waals surface area contributed by atoms with Gasteiger partial charge in [-0.1, -0.05) is 6.07 Å². The van der Waals surface area contributed by atoms with Crippen molar-refractivity contribution < 1.29 is 4.79 Å². The summed E-state index contributed by atoms with van der Waals surface area (Å²) in [6, 6.07) is 4.20. The Hall–Kier alpha value is -1.95. The molecule has 0 aliphatic carbocycles. The molecule has 1 saturated heterocycles. The quantitative estimate of drug-likeness (QED) is 0.916. The van der Waals surface area contributed by atoms with Crippen LogP contribution in [-0.4, -0.2) is 35.0 Å². The van der Waals surface area contributed by atoms with Crippen molar-refractivity contribution in [2.24, 2.45) is 0 Å². The lowest BCUT2D eigenvalue weighted by molar-refractivity contribution is 0.0939. The summed E-state index contributed by atoms with van der Waals surface area (Å²) >= 11 is 1.71. The molecule has 122 valence electrons. The zero-order valence-electron chi connectivity index (χ0n) is 13.6. The topological polar surface area (TPSA) is 58.1 Å². The number of hydrogen-bond acceptors (Lipinski definition) is 5. The van der Waals surface area contributed by atoms with Crippen molar-refractivity contribution in [3.8, 4) is 0 Å². The Kier molecular flexibility index (Phi) is 4.91. The first-order valence-electron chi connectivity index (χ1n) is 8.05. The van der Waals surface area contributed by atoms with E-state index in [9.17, 15) is 4.79 Å². The Morgan fingerprint density at radius 3 is 2.87 bits per heavy atom. The van der Waals surface area contributed by atoms with E-state index in [0.29, 0.717) is 5.56 Å². The molecule has 3 rings (SSSR count). The number of nitrogens with one attached hydrogen (secondary N) is 1. The second-order valence-corrected chi connectivity index (χ2v) is 7.05. The fourth-order valence-electron chi connectivity index (χ4n) is 2.83. The van der Waals surface area contributed by atoms with Crippen molar-refractivity contribution in [3.63, 3.8) is 0 Å². The van der Waals surface area contributed by atoms with Crippen LogP contribution in [0.3, 0.4) is 0 Å². The maximum Gasteiger partial charge on any atom is 0.254 e. The summed E-state index contributed by atoms with van der Waals surface area (Å²) in [5.74, 6) is 0.641. The maximum atomic E-state index is 12.4. The average Bonchev–Trinajstić information content (AvgIpc) is 3.19. The summed E-state index contributed by atoms with van der Waals surface area (Å²) < 4.78 is 0. The van der Waals surface area contributed by atoms with Gasteiger partial charge in [-0.25, -0.2) is 9.97 Å². The molecule has 5 nitrogen and oxygen atoms in total. The van der Waals surface area contributed by atoms with Gasteiger partial charge < -0.3 is 10.2 Å². The van der Waals surface area contributed by atoms with Crippen molar-refractivity contribution in [1.29, 1.82) is 0 Å². The highest BCUT2D eigenvalue weighted by Crippen LogP contribution is 2.17. The van der Waals surface area contributed by atoms with Gasteiger partial charge in [-0.2, -0.15) is 0 Å². The third-order valence-corrected chi connectivity index (χ3v) is 4.96. The van der Waals surface area contributed by atoms with Crippen LogP contribution in [0.1, 0.15) is 40.7 Å². The Bertz CT molecular complexity index is 665. The SMILES string of the molecule is Cc1nc(N2CCCC2)ncc1C(=O)N[C@@H](C)Cc1cccs1. The molecule has 0 spiro atoms. The second kappa shape index (κ2) is 7.08. The van der Waals surface area contributed by atoms with Crippen LogP contribution in [0.15, 0.2) is 23.7 Å². The number of aromatic nitrogens is 2. The Balaban J connectivity index is 1.64. The van der Waals surface area contributed by atoms with E-state index in [-0.39, 0.29) is 11.9 Å². The number of thiophene rings is 1. The van der Waals surface area contributed by atoms with Crippen LogP contribution in [0.5, 0.6) is 0 Å². The standard InChI is InChI=1S/C17H22N4OS/c1-12(10-14-6-5-9-23-14)19-16(22)15-11-18-17(20-13(15)2)21-7-3-4-8-21/h5-6,9,11-12H,3-4,7-8,10H2,1-2H3,(H,19,22)/t12-/m0/s1. The Labute approximate surface area is 140 Å². The van der Waals surface area contributed by atoms with E-state index in [1.165, 1.54) is 17.7 Å². The first-order chi connectivity index (χ1) is 11.1. The van der Waals surface area contributed by atoms with E-state index in [4.69, 9.17) is 0 Å². The number of carbonyl (C=O) groups is 1. The molecule has 1 aliphatic rings. The summed E-state index contributed by atoms with van der Waals surface area (Å²) in [6.45, 7) is 5.90. The highest BCUT2D eigenvalue weighted by molar-refractivity contribution is 7.09. The molecule has 6 heteroatoms. The first-order valence-corrected chi connectivity index (χ1v) is 8.93. The molecule has 1 atom stereocenters. The fraction of sp³-hybridized carbons (Fsp3) is 0.471. The molecule has 0 unspecified atom stereocenters. The van der Waals surface area contributed by atoms with E-state index in [1.807, 2.05) is 19.9 Å². The number of carbonyl (C=O) groups excluding carboxylic acids is 1. The molecule has 2 aromatic heterocycles. The molecule has 1 aliphatic heterocycles. The number of aryl methyl sites for hydroxylation is 1. The van der Waals surface area contributed by atoms with Gasteiger partial charge in [-0.3, -0.25) is 4.79 Å². The minimum absolute atomic E-state index is 0.0822. The van der Waals surface area contributed by atoms with Gasteiger partial charge in [0.1, 0.15) is 0 Å². The van der Waals surface area contributed by atoms with Crippen LogP contribution in [0, 0.1) is 6.92 Å². The lowest BCUT2D eigenvalue weighted by Gasteiger charge is -2.17. The lowest BCUT2D eigenvalue weighted by atomic mass is 10.1. The van der Waals surface area contributed by atoms with Gasteiger partial charge in [-0.05, 0) is 38.1 Å². The predicted octanol–water partition coefficient (Wildman–Crippen LogP) is 2.81. The molecule has 23 heavy (non-hydrogen) atoms. The molecule has 0 bridgehead atoms. The van der Waals surface area contributed by atoms with Crippen molar-refractivity contribution in [1.82, 2.24) is 15.3 Å². The number of hydrogen-bond donors (Lipinski definition) is 1. The number of rotatable bonds is 5. The number of nitrogens with zero attached hydrogens (tertiary/aromatic N) is 3. The molecule has 3 heterocycles. The minimum atomic E-state index is -0.0977. The number of anilines is 1. The lowest BCUT2D eigenvalue weighted by Crippen LogP contribution is -2.34. The van der Waals surface area contributed by atoms with Gasteiger partial charge >= 0.3 is 0 Å². The van der Waals surface area contributed by atoms with E-state index < -0.39 is 0 Å². The van der Waals surface area contributed by atoms with Crippen LogP contribution in [0.4, 0.5) is 5.95 Å². The smallest absolute Gasteiger partial charge is 0.254 e. The summed E-state index contributed by atoms with van der Waals surface area (Å²) in [4.78, 5) is 24.8. The average molecular weight is 330 g/mol. The van der Waals surface area contributed by atoms with E-state index in [0.717, 1.165) is 31.2 Å². The number of amides is 1. The van der Waals surface area contributed by atoms with Gasteiger partial charge in [0, 0.05) is 36.6 Å². The third kappa shape index (κ3) is 3.88. The molecule has 0 saturated carbocycles. The van der Waals surface area contributed by atoms with E-state index in [2.05, 4.69) is 31.6 Å². The first kappa shape index (κ1) is 15.9. The van der Waals surface area contributed by atoms with Crippen molar-refractivity contribution in [3.05, 3.63) is 39.8 Å². The van der Waals surface area contributed by atoms with Gasteiger partial charge in [0.2, 0.25) is 5.95 Å². The molecular formula is C17H22N4OS. The fourth-order valence-corrected chi connectivity index (χ4v) is 3.67. The monoisotopic (exact) mass is 330 g/mol. The van der Waals surface area contributed by atoms with Crippen LogP contribution in [0.25, 0.3) is 0 Å². The molecule has 1 amide bonds. The molecule has 1 N–H and O–H groups in total. The summed E-state index contributed by atoms with van der Waals surface area (Å²) in [7, 11) is 0. The van der Waals surface area contributed by atoms with Crippen molar-refractivity contribution >= 4 is 23.2 Å². The van der Waals surface area contributed by atoms with E-state index >= 15 is 0 Å².